The molecule has 0 bridgehead atoms. The molecule has 6 nitrogen and oxygen atoms in total. The van der Waals surface area contributed by atoms with Crippen molar-refractivity contribution in [2.75, 3.05) is 13.2 Å². The van der Waals surface area contributed by atoms with Crippen molar-refractivity contribution in [3.8, 4) is 0 Å². The number of unbranched alkanes of at least 4 members (excludes halogenated alkanes) is 69. The molecule has 1 amide bonds. The Balaban J connectivity index is 3.34. The predicted octanol–water partition coefficient (Wildman–Crippen LogP) is 27.8. The molecule has 0 saturated carbocycles. The second-order valence-corrected chi connectivity index (χ2v) is 29.2. The Labute approximate surface area is 565 Å². The van der Waals surface area contributed by atoms with Gasteiger partial charge in [0.15, 0.2) is 0 Å². The molecule has 536 valence electrons. The Kier molecular flexibility index (Phi) is 78.8. The molecule has 2 unspecified atom stereocenters. The van der Waals surface area contributed by atoms with Gasteiger partial charge in [-0.05, 0) is 32.1 Å². The molecule has 0 radical (unpaired) electrons. The van der Waals surface area contributed by atoms with Crippen molar-refractivity contribution in [1.29, 1.82) is 0 Å². The highest BCUT2D eigenvalue weighted by atomic mass is 16.5. The summed E-state index contributed by atoms with van der Waals surface area (Å²) in [5.41, 5.74) is 0. The summed E-state index contributed by atoms with van der Waals surface area (Å²) in [5, 5.41) is 23.3. The SMILES string of the molecule is CCCCCCCCCCCCCCCCCCCCCCCCC/C=C/C(O)C(CO)NC(=O)CCCCCCCCCCCCCCCCCCCCCCCCCCCCCCCCCOC(=O)CCCCCCCCCCCCCCCCCCC. The van der Waals surface area contributed by atoms with Crippen LogP contribution in [0.25, 0.3) is 0 Å². The van der Waals surface area contributed by atoms with Gasteiger partial charge in [-0.2, -0.15) is 0 Å². The molecule has 0 heterocycles. The summed E-state index contributed by atoms with van der Waals surface area (Å²) in [5.74, 6) is -0.0317. The van der Waals surface area contributed by atoms with Crippen molar-refractivity contribution in [3.63, 3.8) is 0 Å². The third-order valence-electron chi connectivity index (χ3n) is 20.1. The molecule has 2 atom stereocenters. The van der Waals surface area contributed by atoms with Crippen LogP contribution >= 0.6 is 0 Å². The Morgan fingerprint density at radius 1 is 0.300 bits per heavy atom. The van der Waals surface area contributed by atoms with Crippen LogP contribution in [0.5, 0.6) is 0 Å². The highest BCUT2D eigenvalue weighted by molar-refractivity contribution is 5.76. The molecule has 0 aromatic rings. The first-order chi connectivity index (χ1) is 44.5. The van der Waals surface area contributed by atoms with Crippen molar-refractivity contribution in [3.05, 3.63) is 12.2 Å². The first-order valence-corrected chi connectivity index (χ1v) is 42.0. The fourth-order valence-corrected chi connectivity index (χ4v) is 13.7. The fraction of sp³-hybridized carbons (Fsp3) is 0.952. The van der Waals surface area contributed by atoms with Gasteiger partial charge in [0.1, 0.15) is 0 Å². The van der Waals surface area contributed by atoms with E-state index in [1.807, 2.05) is 6.08 Å². The molecule has 0 rings (SSSR count). The number of aliphatic hydroxyl groups excluding tert-OH is 2. The smallest absolute Gasteiger partial charge is 0.305 e. The maximum Gasteiger partial charge on any atom is 0.305 e. The molecule has 0 saturated heterocycles. The van der Waals surface area contributed by atoms with Crippen LogP contribution in [0.2, 0.25) is 0 Å². The number of amides is 1. The number of ether oxygens (including phenoxy) is 1. The standard InChI is InChI=1S/C84H165NO5/c1-3-5-7-9-11-13-15-17-19-21-22-23-24-32-35-38-41-45-48-52-56-60-64-68-72-76-82(87)81(80-86)85-83(88)77-73-69-65-61-57-53-49-46-42-39-36-33-30-28-26-25-27-29-31-34-37-40-43-47-51-55-59-63-67-71-75-79-90-84(89)78-74-70-66-62-58-54-50-44-20-18-16-14-12-10-8-6-4-2/h72,76,81-82,86-87H,3-71,73-75,77-80H2,1-2H3,(H,85,88)/b76-72+. The highest BCUT2D eigenvalue weighted by Crippen LogP contribution is 2.21. The van der Waals surface area contributed by atoms with Crippen molar-refractivity contribution in [2.45, 2.75) is 501 Å². The van der Waals surface area contributed by atoms with Gasteiger partial charge in [0.2, 0.25) is 5.91 Å². The molecule has 6 heteroatoms. The average Bonchev–Trinajstić information content (AvgIpc) is 3.72. The van der Waals surface area contributed by atoms with E-state index in [1.165, 1.54) is 424 Å². The van der Waals surface area contributed by atoms with Crippen molar-refractivity contribution < 1.29 is 24.5 Å². The van der Waals surface area contributed by atoms with Crippen LogP contribution < -0.4 is 5.32 Å². The number of carbonyl (C=O) groups excluding carboxylic acids is 2. The van der Waals surface area contributed by atoms with Gasteiger partial charge in [-0.3, -0.25) is 9.59 Å². The maximum atomic E-state index is 12.6. The quantitative estimate of drug-likeness (QED) is 0.0320. The number of rotatable bonds is 80. The molecule has 0 spiro atoms. The second-order valence-electron chi connectivity index (χ2n) is 29.2. The van der Waals surface area contributed by atoms with Gasteiger partial charge < -0.3 is 20.3 Å². The van der Waals surface area contributed by atoms with E-state index in [9.17, 15) is 19.8 Å². The molecule has 0 aromatic carbocycles. The predicted molar refractivity (Wildman–Crippen MR) is 398 cm³/mol. The monoisotopic (exact) mass is 1270 g/mol. The van der Waals surface area contributed by atoms with Crippen molar-refractivity contribution in [2.24, 2.45) is 0 Å². The minimum absolute atomic E-state index is 0.0259. The number of hydrogen-bond donors (Lipinski definition) is 3. The minimum Gasteiger partial charge on any atom is -0.466 e. The van der Waals surface area contributed by atoms with Gasteiger partial charge >= 0.3 is 5.97 Å². The average molecular weight is 1270 g/mol. The van der Waals surface area contributed by atoms with Crippen LogP contribution in [0, 0.1) is 0 Å². The minimum atomic E-state index is -0.843. The molecule has 3 N–H and O–H groups in total. The Morgan fingerprint density at radius 2 is 0.511 bits per heavy atom. The second kappa shape index (κ2) is 80.0. The van der Waals surface area contributed by atoms with Crippen LogP contribution in [0.4, 0.5) is 0 Å². The van der Waals surface area contributed by atoms with E-state index in [2.05, 4.69) is 19.2 Å². The van der Waals surface area contributed by atoms with Gasteiger partial charge in [-0.25, -0.2) is 0 Å². The fourth-order valence-electron chi connectivity index (χ4n) is 13.7. The molecule has 0 fully saturated rings. The van der Waals surface area contributed by atoms with Crippen LogP contribution in [-0.4, -0.2) is 47.4 Å². The molecule has 0 aliphatic heterocycles. The summed E-state index contributed by atoms with van der Waals surface area (Å²) in [7, 11) is 0. The Bertz CT molecular complexity index is 1370. The Hall–Kier alpha value is -1.40. The number of allylic oxidation sites excluding steroid dienone is 1. The summed E-state index contributed by atoms with van der Waals surface area (Å²) in [6, 6.07) is -0.626. The zero-order valence-corrected chi connectivity index (χ0v) is 61.7. The summed E-state index contributed by atoms with van der Waals surface area (Å²) in [4.78, 5) is 24.7. The lowest BCUT2D eigenvalue weighted by Crippen LogP contribution is -2.45. The summed E-state index contributed by atoms with van der Waals surface area (Å²) in [6.07, 6.45) is 102. The van der Waals surface area contributed by atoms with Crippen LogP contribution in [-0.2, 0) is 14.3 Å². The number of hydrogen-bond acceptors (Lipinski definition) is 5. The zero-order valence-electron chi connectivity index (χ0n) is 61.7. The van der Waals surface area contributed by atoms with E-state index >= 15 is 0 Å². The molecular weight excluding hydrogens is 1100 g/mol. The molecule has 90 heavy (non-hydrogen) atoms. The van der Waals surface area contributed by atoms with Gasteiger partial charge in [0.05, 0.1) is 25.4 Å². The number of carbonyl (C=O) groups is 2. The van der Waals surface area contributed by atoms with Gasteiger partial charge in [-0.1, -0.05) is 456 Å². The largest absolute Gasteiger partial charge is 0.466 e. The topological polar surface area (TPSA) is 95.9 Å². The van der Waals surface area contributed by atoms with E-state index in [0.29, 0.717) is 19.4 Å². The van der Waals surface area contributed by atoms with E-state index in [1.54, 1.807) is 6.08 Å². The van der Waals surface area contributed by atoms with Crippen LogP contribution in [0.1, 0.15) is 489 Å². The third kappa shape index (κ3) is 75.6. The highest BCUT2D eigenvalue weighted by Gasteiger charge is 2.18. The van der Waals surface area contributed by atoms with E-state index in [-0.39, 0.29) is 18.5 Å². The van der Waals surface area contributed by atoms with Gasteiger partial charge in [-0.15, -0.1) is 0 Å². The maximum absolute atomic E-state index is 12.6. The van der Waals surface area contributed by atoms with Crippen LogP contribution in [0.3, 0.4) is 0 Å². The van der Waals surface area contributed by atoms with E-state index in [0.717, 1.165) is 38.5 Å². The van der Waals surface area contributed by atoms with Crippen molar-refractivity contribution in [1.82, 2.24) is 5.32 Å². The Morgan fingerprint density at radius 3 is 0.756 bits per heavy atom. The lowest BCUT2D eigenvalue weighted by atomic mass is 10.0. The first kappa shape index (κ1) is 88.6. The third-order valence-corrected chi connectivity index (χ3v) is 20.1. The summed E-state index contributed by atoms with van der Waals surface area (Å²) in [6.45, 7) is 4.98. The lowest BCUT2D eigenvalue weighted by Gasteiger charge is -2.20. The zero-order chi connectivity index (χ0) is 64.9. The number of aliphatic hydroxyl groups is 2. The lowest BCUT2D eigenvalue weighted by molar-refractivity contribution is -0.143. The van der Waals surface area contributed by atoms with Crippen molar-refractivity contribution >= 4 is 11.9 Å². The van der Waals surface area contributed by atoms with Gasteiger partial charge in [0, 0.05) is 12.8 Å². The number of esters is 1. The van der Waals surface area contributed by atoms with Gasteiger partial charge in [0.25, 0.3) is 0 Å². The summed E-state index contributed by atoms with van der Waals surface area (Å²) < 4.78 is 5.52. The summed E-state index contributed by atoms with van der Waals surface area (Å²) >= 11 is 0. The van der Waals surface area contributed by atoms with E-state index in [4.69, 9.17) is 4.74 Å². The first-order valence-electron chi connectivity index (χ1n) is 42.0. The molecule has 0 aromatic heterocycles. The number of nitrogens with one attached hydrogen (secondary N) is 1. The normalized spacial score (nSPS) is 12.4. The molecule has 0 aliphatic carbocycles. The molecular formula is C84H165NO5. The molecule has 0 aliphatic rings. The van der Waals surface area contributed by atoms with E-state index < -0.39 is 12.1 Å². The van der Waals surface area contributed by atoms with Crippen LogP contribution in [0.15, 0.2) is 12.2 Å².